The lowest BCUT2D eigenvalue weighted by Crippen LogP contribution is -2.20. The van der Waals surface area contributed by atoms with Crippen LogP contribution in [0.2, 0.25) is 0 Å². The van der Waals surface area contributed by atoms with Gasteiger partial charge in [-0.25, -0.2) is 4.79 Å². The first-order valence-corrected chi connectivity index (χ1v) is 11.2. The molecule has 0 aromatic heterocycles. The van der Waals surface area contributed by atoms with Crippen LogP contribution in [0, 0.1) is 11.3 Å². The molecule has 0 spiro atoms. The first kappa shape index (κ1) is 26.0. The Balaban J connectivity index is 1.75. The van der Waals surface area contributed by atoms with Gasteiger partial charge in [0.2, 0.25) is 0 Å². The number of aromatic carboxylic acids is 1. The van der Waals surface area contributed by atoms with Gasteiger partial charge in [0.1, 0.15) is 11.6 Å². The van der Waals surface area contributed by atoms with Crippen molar-refractivity contribution in [2.75, 3.05) is 24.4 Å². The molecule has 182 valence electrons. The van der Waals surface area contributed by atoms with Crippen LogP contribution in [0.4, 0.5) is 11.4 Å². The number of hydrogen-bond donors (Lipinski definition) is 3. The molecule has 0 fully saturated rings. The highest BCUT2D eigenvalue weighted by atomic mass is 79.9. The predicted molar refractivity (Wildman–Crippen MR) is 137 cm³/mol. The molecule has 3 N–H and O–H groups in total. The van der Waals surface area contributed by atoms with E-state index in [0.717, 1.165) is 0 Å². The Kier molecular flexibility index (Phi) is 8.80. The molecular formula is C26H20BrN3O6. The van der Waals surface area contributed by atoms with Crippen LogP contribution in [0.25, 0.3) is 6.08 Å². The third-order valence-electron chi connectivity index (χ3n) is 4.70. The zero-order valence-electron chi connectivity index (χ0n) is 18.9. The molecule has 9 nitrogen and oxygen atoms in total. The molecule has 0 aliphatic carbocycles. The van der Waals surface area contributed by atoms with Gasteiger partial charge < -0.3 is 25.2 Å². The Morgan fingerprint density at radius 2 is 1.75 bits per heavy atom. The molecule has 0 atom stereocenters. The lowest BCUT2D eigenvalue weighted by Gasteiger charge is -2.14. The Bertz CT molecular complexity index is 1370. The number of nitrogens with one attached hydrogen (secondary N) is 2. The van der Waals surface area contributed by atoms with Gasteiger partial charge in [0.05, 0.1) is 17.1 Å². The zero-order chi connectivity index (χ0) is 26.1. The molecule has 0 unspecified atom stereocenters. The maximum Gasteiger partial charge on any atom is 0.335 e. The summed E-state index contributed by atoms with van der Waals surface area (Å²) in [5.41, 5.74) is 1.09. The van der Waals surface area contributed by atoms with Crippen LogP contribution in [-0.4, -0.2) is 36.6 Å². The van der Waals surface area contributed by atoms with Gasteiger partial charge in [0.15, 0.2) is 18.1 Å². The smallest absolute Gasteiger partial charge is 0.335 e. The topological polar surface area (TPSA) is 138 Å². The van der Waals surface area contributed by atoms with E-state index in [4.69, 9.17) is 14.6 Å². The van der Waals surface area contributed by atoms with Crippen molar-refractivity contribution >= 4 is 51.2 Å². The highest BCUT2D eigenvalue weighted by Gasteiger charge is 2.16. The van der Waals surface area contributed by atoms with Crippen LogP contribution in [0.5, 0.6) is 11.5 Å². The van der Waals surface area contributed by atoms with E-state index < -0.39 is 11.9 Å². The van der Waals surface area contributed by atoms with E-state index in [1.165, 1.54) is 37.5 Å². The number of carbonyl (C=O) groups is 3. The Morgan fingerprint density at radius 1 is 1.03 bits per heavy atom. The second kappa shape index (κ2) is 12.2. The third kappa shape index (κ3) is 6.94. The minimum Gasteiger partial charge on any atom is -0.493 e. The summed E-state index contributed by atoms with van der Waals surface area (Å²) in [6, 6.07) is 19.6. The number of nitriles is 1. The molecular weight excluding hydrogens is 530 g/mol. The maximum absolute atomic E-state index is 12.6. The summed E-state index contributed by atoms with van der Waals surface area (Å²) in [5, 5.41) is 23.8. The fourth-order valence-electron chi connectivity index (χ4n) is 3.06. The summed E-state index contributed by atoms with van der Waals surface area (Å²) in [7, 11) is 1.42. The van der Waals surface area contributed by atoms with Gasteiger partial charge in [-0.1, -0.05) is 24.3 Å². The number of methoxy groups -OCH3 is 1. The van der Waals surface area contributed by atoms with Crippen molar-refractivity contribution < 1.29 is 29.0 Å². The SMILES string of the molecule is COc1cc(/C=C(/C#N)C(=O)Nc2cccc(C(=O)O)c2)cc(Br)c1OCC(=O)Nc1ccccc1. The minimum absolute atomic E-state index is 0.00278. The Morgan fingerprint density at radius 3 is 2.42 bits per heavy atom. The number of carboxylic acids is 1. The molecule has 0 aliphatic heterocycles. The number of carbonyl (C=O) groups excluding carboxylic acids is 2. The first-order valence-electron chi connectivity index (χ1n) is 10.4. The summed E-state index contributed by atoms with van der Waals surface area (Å²) >= 11 is 3.37. The number of hydrogen-bond acceptors (Lipinski definition) is 6. The van der Waals surface area contributed by atoms with E-state index >= 15 is 0 Å². The number of para-hydroxylation sites is 1. The Hall–Kier alpha value is -4.62. The molecule has 3 rings (SSSR count). The summed E-state index contributed by atoms with van der Waals surface area (Å²) in [6.07, 6.45) is 1.34. The molecule has 2 amide bonds. The van der Waals surface area contributed by atoms with Crippen molar-refractivity contribution in [2.45, 2.75) is 0 Å². The lowest BCUT2D eigenvalue weighted by atomic mass is 10.1. The normalized spacial score (nSPS) is 10.6. The molecule has 0 heterocycles. The fraction of sp³-hybridized carbons (Fsp3) is 0.0769. The molecule has 3 aromatic carbocycles. The van der Waals surface area contributed by atoms with Gasteiger partial charge in [-0.3, -0.25) is 9.59 Å². The zero-order valence-corrected chi connectivity index (χ0v) is 20.5. The van der Waals surface area contributed by atoms with Crippen LogP contribution in [-0.2, 0) is 9.59 Å². The lowest BCUT2D eigenvalue weighted by molar-refractivity contribution is -0.118. The average Bonchev–Trinajstić information content (AvgIpc) is 2.86. The number of halogens is 1. The predicted octanol–water partition coefficient (Wildman–Crippen LogP) is 4.72. The second-order valence-electron chi connectivity index (χ2n) is 7.25. The van der Waals surface area contributed by atoms with E-state index in [-0.39, 0.29) is 40.8 Å². The summed E-state index contributed by atoms with van der Waals surface area (Å²) < 4.78 is 11.4. The van der Waals surface area contributed by atoms with Crippen LogP contribution in [0.1, 0.15) is 15.9 Å². The summed E-state index contributed by atoms with van der Waals surface area (Å²) in [4.78, 5) is 35.9. The number of amides is 2. The Labute approximate surface area is 215 Å². The fourth-order valence-corrected chi connectivity index (χ4v) is 3.64. The van der Waals surface area contributed by atoms with Gasteiger partial charge in [-0.15, -0.1) is 0 Å². The van der Waals surface area contributed by atoms with Crippen molar-refractivity contribution in [2.24, 2.45) is 0 Å². The van der Waals surface area contributed by atoms with Crippen molar-refractivity contribution in [3.8, 4) is 17.6 Å². The number of rotatable bonds is 9. The van der Waals surface area contributed by atoms with Gasteiger partial charge in [0, 0.05) is 11.4 Å². The third-order valence-corrected chi connectivity index (χ3v) is 5.29. The van der Waals surface area contributed by atoms with Crippen LogP contribution in [0.15, 0.2) is 76.8 Å². The quantitative estimate of drug-likeness (QED) is 0.259. The van der Waals surface area contributed by atoms with Gasteiger partial charge in [-0.2, -0.15) is 5.26 Å². The van der Waals surface area contributed by atoms with E-state index in [2.05, 4.69) is 26.6 Å². The largest absolute Gasteiger partial charge is 0.493 e. The number of benzene rings is 3. The van der Waals surface area contributed by atoms with Crippen molar-refractivity contribution in [1.29, 1.82) is 5.26 Å². The second-order valence-corrected chi connectivity index (χ2v) is 8.10. The van der Waals surface area contributed by atoms with Crippen LogP contribution >= 0.6 is 15.9 Å². The van der Waals surface area contributed by atoms with Gasteiger partial charge >= 0.3 is 5.97 Å². The number of anilines is 2. The maximum atomic E-state index is 12.6. The van der Waals surface area contributed by atoms with Gasteiger partial charge in [0.25, 0.3) is 11.8 Å². The molecule has 0 aliphatic rings. The number of ether oxygens (including phenoxy) is 2. The molecule has 0 bridgehead atoms. The first-order chi connectivity index (χ1) is 17.3. The molecule has 3 aromatic rings. The number of nitrogens with zero attached hydrogens (tertiary/aromatic N) is 1. The highest BCUT2D eigenvalue weighted by Crippen LogP contribution is 2.37. The molecule has 0 saturated carbocycles. The highest BCUT2D eigenvalue weighted by molar-refractivity contribution is 9.10. The monoisotopic (exact) mass is 549 g/mol. The van der Waals surface area contributed by atoms with Crippen LogP contribution in [0.3, 0.4) is 0 Å². The minimum atomic E-state index is -1.14. The molecule has 0 saturated heterocycles. The van der Waals surface area contributed by atoms with Crippen molar-refractivity contribution in [3.63, 3.8) is 0 Å². The summed E-state index contributed by atoms with van der Waals surface area (Å²) in [6.45, 7) is -0.277. The summed E-state index contributed by atoms with van der Waals surface area (Å²) in [5.74, 6) is -1.68. The molecule has 36 heavy (non-hydrogen) atoms. The molecule has 10 heteroatoms. The van der Waals surface area contributed by atoms with E-state index in [1.54, 1.807) is 36.4 Å². The average molecular weight is 550 g/mol. The van der Waals surface area contributed by atoms with Crippen molar-refractivity contribution in [3.05, 3.63) is 87.9 Å². The van der Waals surface area contributed by atoms with E-state index in [1.807, 2.05) is 12.1 Å². The number of carboxylic acid groups (broad SMARTS) is 1. The van der Waals surface area contributed by atoms with Crippen molar-refractivity contribution in [1.82, 2.24) is 0 Å². The van der Waals surface area contributed by atoms with Gasteiger partial charge in [-0.05, 0) is 70.0 Å². The van der Waals surface area contributed by atoms with E-state index in [0.29, 0.717) is 15.7 Å². The van der Waals surface area contributed by atoms with E-state index in [9.17, 15) is 19.6 Å². The van der Waals surface area contributed by atoms with Crippen LogP contribution < -0.4 is 20.1 Å². The standard InChI is InChI=1S/C26H20BrN3O6/c1-35-22-12-16(10-18(14-28)25(32)30-20-9-5-6-17(13-20)26(33)34)11-21(27)24(22)36-15-23(31)29-19-7-3-2-4-8-19/h2-13H,15H2,1H3,(H,29,31)(H,30,32)(H,33,34)/b18-10-. The molecule has 0 radical (unpaired) electrons.